The van der Waals surface area contributed by atoms with Gasteiger partial charge in [0.2, 0.25) is 0 Å². The van der Waals surface area contributed by atoms with E-state index in [4.69, 9.17) is 16.3 Å². The zero-order chi connectivity index (χ0) is 19.3. The Bertz CT molecular complexity index is 1100. The summed E-state index contributed by atoms with van der Waals surface area (Å²) in [4.78, 5) is 30.5. The van der Waals surface area contributed by atoms with Crippen LogP contribution in [0.15, 0.2) is 48.7 Å². The molecule has 3 aromatic rings. The number of fused-ring (bicyclic) bond motifs is 3. The first-order chi connectivity index (χ1) is 13.6. The number of aromatic nitrogens is 1. The third kappa shape index (κ3) is 2.52. The molecule has 1 saturated heterocycles. The molecule has 0 aliphatic carbocycles. The zero-order valence-corrected chi connectivity index (χ0v) is 15.8. The van der Waals surface area contributed by atoms with Crippen molar-refractivity contribution >= 4 is 40.2 Å². The fourth-order valence-corrected chi connectivity index (χ4v) is 4.38. The van der Waals surface area contributed by atoms with E-state index in [-0.39, 0.29) is 0 Å². The number of nitrogens with zero attached hydrogens (tertiary/aromatic N) is 1. The number of amides is 2. The molecule has 0 radical (unpaired) electrons. The van der Waals surface area contributed by atoms with Gasteiger partial charge in [0.05, 0.1) is 11.3 Å². The van der Waals surface area contributed by atoms with Gasteiger partial charge in [0, 0.05) is 40.5 Å². The molecular formula is C21H18ClN3O3. The molecule has 0 bridgehead atoms. The van der Waals surface area contributed by atoms with Crippen LogP contribution in [0.5, 0.6) is 0 Å². The number of ether oxygens (including phenoxy) is 1. The van der Waals surface area contributed by atoms with E-state index in [1.165, 1.54) is 0 Å². The number of anilines is 1. The van der Waals surface area contributed by atoms with Gasteiger partial charge >= 0.3 is 6.09 Å². The van der Waals surface area contributed by atoms with Crippen molar-refractivity contribution in [2.24, 2.45) is 0 Å². The molecule has 0 unspecified atom stereocenters. The molecule has 0 atom stereocenters. The molecular weight excluding hydrogens is 378 g/mol. The lowest BCUT2D eigenvalue weighted by Crippen LogP contribution is -2.52. The first kappa shape index (κ1) is 17.3. The van der Waals surface area contributed by atoms with E-state index < -0.39 is 17.6 Å². The standard InChI is InChI=1S/C21H18ClN3O3/c22-13-5-6-14-15(12-24-17(14)11-13)19(26)25-18-4-2-1-3-16(18)21(28-20(25)27)7-9-23-10-8-21/h1-6,11-12,23-24H,7-10H2. The summed E-state index contributed by atoms with van der Waals surface area (Å²) in [6, 6.07) is 12.8. The van der Waals surface area contributed by atoms with E-state index in [0.717, 1.165) is 29.1 Å². The van der Waals surface area contributed by atoms with Crippen molar-refractivity contribution in [1.82, 2.24) is 10.3 Å². The summed E-state index contributed by atoms with van der Waals surface area (Å²) >= 11 is 6.03. The number of rotatable bonds is 1. The highest BCUT2D eigenvalue weighted by molar-refractivity contribution is 6.31. The molecule has 3 heterocycles. The van der Waals surface area contributed by atoms with Crippen molar-refractivity contribution in [3.8, 4) is 0 Å². The molecule has 2 aromatic carbocycles. The van der Waals surface area contributed by atoms with Crippen LogP contribution in [0.1, 0.15) is 28.8 Å². The number of H-pyrrole nitrogens is 1. The molecule has 1 spiro atoms. The minimum atomic E-state index is -0.677. The molecule has 28 heavy (non-hydrogen) atoms. The number of benzene rings is 2. The Labute approximate surface area is 166 Å². The summed E-state index contributed by atoms with van der Waals surface area (Å²) in [5.41, 5.74) is 1.94. The predicted octanol–water partition coefficient (Wildman–Crippen LogP) is 4.20. The molecule has 2 aliphatic heterocycles. The molecule has 2 amide bonds. The third-order valence-electron chi connectivity index (χ3n) is 5.59. The number of hydrogen-bond donors (Lipinski definition) is 2. The highest BCUT2D eigenvalue weighted by Crippen LogP contribution is 2.45. The van der Waals surface area contributed by atoms with Gasteiger partial charge in [-0.2, -0.15) is 0 Å². The number of piperidine rings is 1. The lowest BCUT2D eigenvalue weighted by molar-refractivity contribution is -0.0170. The van der Waals surface area contributed by atoms with Gasteiger partial charge in [-0.1, -0.05) is 35.9 Å². The number of para-hydroxylation sites is 1. The lowest BCUT2D eigenvalue weighted by atomic mass is 9.82. The SMILES string of the molecule is O=C1OC2(CCNCC2)c2ccccc2N1C(=O)c1c[nH]c2cc(Cl)ccc12. The molecule has 6 nitrogen and oxygen atoms in total. The Morgan fingerprint density at radius 3 is 2.75 bits per heavy atom. The van der Waals surface area contributed by atoms with Crippen LogP contribution in [0.2, 0.25) is 5.02 Å². The molecule has 1 aromatic heterocycles. The van der Waals surface area contributed by atoms with Crippen LogP contribution in [-0.4, -0.2) is 30.1 Å². The van der Waals surface area contributed by atoms with Gasteiger partial charge in [-0.05, 0) is 31.3 Å². The van der Waals surface area contributed by atoms with Crippen LogP contribution in [0.3, 0.4) is 0 Å². The topological polar surface area (TPSA) is 74.4 Å². The summed E-state index contributed by atoms with van der Waals surface area (Å²) < 4.78 is 5.90. The minimum absolute atomic E-state index is 0.402. The van der Waals surface area contributed by atoms with E-state index in [1.54, 1.807) is 24.4 Å². The van der Waals surface area contributed by atoms with Crippen LogP contribution < -0.4 is 10.2 Å². The first-order valence-electron chi connectivity index (χ1n) is 9.23. The average Bonchev–Trinajstić information content (AvgIpc) is 3.11. The number of imide groups is 1. The summed E-state index contributed by atoms with van der Waals surface area (Å²) in [5, 5.41) is 4.58. The van der Waals surface area contributed by atoms with Crippen LogP contribution in [-0.2, 0) is 10.3 Å². The molecule has 2 N–H and O–H groups in total. The van der Waals surface area contributed by atoms with E-state index in [2.05, 4.69) is 10.3 Å². The van der Waals surface area contributed by atoms with Crippen molar-refractivity contribution in [3.05, 3.63) is 64.8 Å². The maximum absolute atomic E-state index is 13.4. The number of carbonyl (C=O) groups is 2. The second-order valence-corrected chi connectivity index (χ2v) is 7.60. The van der Waals surface area contributed by atoms with Gasteiger partial charge < -0.3 is 15.0 Å². The van der Waals surface area contributed by atoms with Gasteiger partial charge in [-0.25, -0.2) is 9.69 Å². The van der Waals surface area contributed by atoms with Gasteiger partial charge in [0.1, 0.15) is 5.60 Å². The highest BCUT2D eigenvalue weighted by atomic mass is 35.5. The van der Waals surface area contributed by atoms with Crippen molar-refractivity contribution < 1.29 is 14.3 Å². The minimum Gasteiger partial charge on any atom is -0.437 e. The zero-order valence-electron chi connectivity index (χ0n) is 15.0. The van der Waals surface area contributed by atoms with Gasteiger partial charge in [-0.15, -0.1) is 0 Å². The number of hydrogen-bond acceptors (Lipinski definition) is 4. The Balaban J connectivity index is 1.62. The summed E-state index contributed by atoms with van der Waals surface area (Å²) in [7, 11) is 0. The molecule has 0 saturated carbocycles. The molecule has 1 fully saturated rings. The van der Waals surface area contributed by atoms with Gasteiger partial charge in [0.15, 0.2) is 0 Å². The Morgan fingerprint density at radius 1 is 1.14 bits per heavy atom. The van der Waals surface area contributed by atoms with E-state index in [0.29, 0.717) is 34.5 Å². The van der Waals surface area contributed by atoms with Crippen molar-refractivity contribution in [3.63, 3.8) is 0 Å². The van der Waals surface area contributed by atoms with Crippen molar-refractivity contribution in [1.29, 1.82) is 0 Å². The van der Waals surface area contributed by atoms with Crippen LogP contribution in [0.4, 0.5) is 10.5 Å². The third-order valence-corrected chi connectivity index (χ3v) is 5.82. The molecule has 7 heteroatoms. The smallest absolute Gasteiger partial charge is 0.422 e. The van der Waals surface area contributed by atoms with Crippen LogP contribution in [0, 0.1) is 0 Å². The normalized spacial score (nSPS) is 18.2. The van der Waals surface area contributed by atoms with Crippen LogP contribution >= 0.6 is 11.6 Å². The average molecular weight is 396 g/mol. The highest BCUT2D eigenvalue weighted by Gasteiger charge is 2.47. The number of nitrogens with one attached hydrogen (secondary N) is 2. The quantitative estimate of drug-likeness (QED) is 0.647. The fourth-order valence-electron chi connectivity index (χ4n) is 4.21. The van der Waals surface area contributed by atoms with Gasteiger partial charge in [-0.3, -0.25) is 4.79 Å². The summed E-state index contributed by atoms with van der Waals surface area (Å²) in [5.74, 6) is -0.421. The lowest BCUT2D eigenvalue weighted by Gasteiger charge is -2.44. The summed E-state index contributed by atoms with van der Waals surface area (Å²) in [6.07, 6.45) is 2.34. The maximum atomic E-state index is 13.4. The summed E-state index contributed by atoms with van der Waals surface area (Å²) in [6.45, 7) is 1.53. The Morgan fingerprint density at radius 2 is 1.93 bits per heavy atom. The maximum Gasteiger partial charge on any atom is 0.422 e. The second kappa shape index (κ2) is 6.36. The van der Waals surface area contributed by atoms with Crippen LogP contribution in [0.25, 0.3) is 10.9 Å². The first-order valence-corrected chi connectivity index (χ1v) is 9.61. The van der Waals surface area contributed by atoms with E-state index in [1.807, 2.05) is 24.3 Å². The monoisotopic (exact) mass is 395 g/mol. The predicted molar refractivity (Wildman–Crippen MR) is 107 cm³/mol. The van der Waals surface area contributed by atoms with E-state index >= 15 is 0 Å². The molecule has 5 rings (SSSR count). The molecule has 142 valence electrons. The largest absolute Gasteiger partial charge is 0.437 e. The Kier molecular flexibility index (Phi) is 3.92. The van der Waals surface area contributed by atoms with Crippen molar-refractivity contribution in [2.75, 3.05) is 18.0 Å². The fraction of sp³-hybridized carbons (Fsp3) is 0.238. The number of carbonyl (C=O) groups excluding carboxylic acids is 2. The Hall–Kier alpha value is -2.83. The van der Waals surface area contributed by atoms with Crippen molar-refractivity contribution in [2.45, 2.75) is 18.4 Å². The molecule has 2 aliphatic rings. The van der Waals surface area contributed by atoms with Gasteiger partial charge in [0.25, 0.3) is 5.91 Å². The number of aromatic amines is 1. The number of halogens is 1. The van der Waals surface area contributed by atoms with E-state index in [9.17, 15) is 9.59 Å². The second-order valence-electron chi connectivity index (χ2n) is 7.16.